The van der Waals surface area contributed by atoms with Crippen LogP contribution in [0, 0.1) is 11.8 Å². The van der Waals surface area contributed by atoms with Gasteiger partial charge in [-0.1, -0.05) is 6.42 Å². The number of hydrogen-bond acceptors (Lipinski definition) is 3. The molecule has 3 heteroatoms. The first-order valence-electron chi connectivity index (χ1n) is 4.58. The van der Waals surface area contributed by atoms with E-state index in [4.69, 9.17) is 4.74 Å². The number of hydrogen-bond donors (Lipinski definition) is 0. The second kappa shape index (κ2) is 2.68. The molecule has 2 rings (SSSR count). The molecule has 0 aromatic heterocycles. The molecular formula is C9H13NO2. The van der Waals surface area contributed by atoms with Crippen molar-refractivity contribution in [2.24, 2.45) is 16.8 Å². The van der Waals surface area contributed by atoms with E-state index in [1.54, 1.807) is 6.08 Å². The fourth-order valence-corrected chi connectivity index (χ4v) is 2.58. The van der Waals surface area contributed by atoms with E-state index in [0.29, 0.717) is 18.4 Å². The third-order valence-electron chi connectivity index (χ3n) is 3.07. The minimum atomic E-state index is -0.436. The molecule has 0 N–H and O–H groups in total. The van der Waals surface area contributed by atoms with Crippen molar-refractivity contribution in [1.82, 2.24) is 0 Å². The summed E-state index contributed by atoms with van der Waals surface area (Å²) in [6.45, 7) is 2.58. The van der Waals surface area contributed by atoms with Crippen LogP contribution in [0.2, 0.25) is 0 Å². The average Bonchev–Trinajstić information content (AvgIpc) is 2.51. The van der Waals surface area contributed by atoms with Crippen molar-refractivity contribution in [3.05, 3.63) is 0 Å². The van der Waals surface area contributed by atoms with Crippen molar-refractivity contribution in [2.45, 2.75) is 31.9 Å². The summed E-state index contributed by atoms with van der Waals surface area (Å²) in [5.41, 5.74) is -0.436. The van der Waals surface area contributed by atoms with Gasteiger partial charge in [0.15, 0.2) is 5.72 Å². The minimum Gasteiger partial charge on any atom is -0.353 e. The molecule has 2 aliphatic rings. The van der Waals surface area contributed by atoms with Gasteiger partial charge in [-0.3, -0.25) is 0 Å². The second-order valence-electron chi connectivity index (χ2n) is 3.53. The Bertz CT molecular complexity index is 223. The lowest BCUT2D eigenvalue weighted by Gasteiger charge is -2.13. The number of rotatable bonds is 3. The molecule has 0 heterocycles. The van der Waals surface area contributed by atoms with Crippen molar-refractivity contribution < 1.29 is 9.53 Å². The summed E-state index contributed by atoms with van der Waals surface area (Å²) in [6.07, 6.45) is 5.22. The van der Waals surface area contributed by atoms with E-state index in [2.05, 4.69) is 4.99 Å². The molecule has 2 unspecified atom stereocenters. The summed E-state index contributed by atoms with van der Waals surface area (Å²) in [7, 11) is 0. The first-order valence-corrected chi connectivity index (χ1v) is 4.58. The standard InChI is InChI=1S/C9H13NO2/c1-2-12-9(10-6-11)7-4-3-5-8(7)9/h7-8H,2-5H2,1H3. The Morgan fingerprint density at radius 3 is 2.75 bits per heavy atom. The van der Waals surface area contributed by atoms with Gasteiger partial charge in [-0.2, -0.15) is 4.99 Å². The third kappa shape index (κ3) is 0.869. The number of aliphatic imine (C=N–C) groups is 1. The normalized spacial score (nSPS) is 43.4. The van der Waals surface area contributed by atoms with Gasteiger partial charge < -0.3 is 4.74 Å². The van der Waals surface area contributed by atoms with Gasteiger partial charge in [0.2, 0.25) is 6.08 Å². The van der Waals surface area contributed by atoms with Crippen LogP contribution in [0.15, 0.2) is 4.99 Å². The van der Waals surface area contributed by atoms with Crippen LogP contribution in [0.25, 0.3) is 0 Å². The van der Waals surface area contributed by atoms with Crippen LogP contribution in [0.5, 0.6) is 0 Å². The molecule has 0 aromatic carbocycles. The first kappa shape index (κ1) is 7.96. The van der Waals surface area contributed by atoms with Crippen molar-refractivity contribution in [2.75, 3.05) is 6.61 Å². The Kier molecular flexibility index (Phi) is 1.78. The number of ether oxygens (including phenoxy) is 1. The van der Waals surface area contributed by atoms with Crippen molar-refractivity contribution >= 4 is 6.08 Å². The van der Waals surface area contributed by atoms with Crippen LogP contribution in [0.1, 0.15) is 26.2 Å². The molecule has 2 saturated carbocycles. The highest BCUT2D eigenvalue weighted by atomic mass is 16.5. The maximum absolute atomic E-state index is 10.2. The van der Waals surface area contributed by atoms with Gasteiger partial charge in [-0.25, -0.2) is 4.79 Å². The SMILES string of the molecule is CCOC1(N=C=O)C2CCCC21. The topological polar surface area (TPSA) is 38.7 Å². The maximum Gasteiger partial charge on any atom is 0.237 e. The molecule has 66 valence electrons. The monoisotopic (exact) mass is 167 g/mol. The van der Waals surface area contributed by atoms with E-state index in [-0.39, 0.29) is 0 Å². The van der Waals surface area contributed by atoms with E-state index >= 15 is 0 Å². The fourth-order valence-electron chi connectivity index (χ4n) is 2.58. The van der Waals surface area contributed by atoms with Crippen LogP contribution in [-0.2, 0) is 9.53 Å². The molecular weight excluding hydrogens is 154 g/mol. The van der Waals surface area contributed by atoms with Gasteiger partial charge in [-0.15, -0.1) is 0 Å². The highest BCUT2D eigenvalue weighted by molar-refractivity contribution is 5.37. The zero-order valence-electron chi connectivity index (χ0n) is 7.25. The maximum atomic E-state index is 10.2. The smallest absolute Gasteiger partial charge is 0.237 e. The van der Waals surface area contributed by atoms with Crippen LogP contribution in [-0.4, -0.2) is 18.4 Å². The summed E-state index contributed by atoms with van der Waals surface area (Å²) < 4.78 is 5.52. The van der Waals surface area contributed by atoms with Gasteiger partial charge in [0.05, 0.1) is 0 Å². The van der Waals surface area contributed by atoms with Gasteiger partial charge in [-0.05, 0) is 19.8 Å². The zero-order chi connectivity index (χ0) is 8.60. The summed E-state index contributed by atoms with van der Waals surface area (Å²) in [6, 6.07) is 0. The predicted octanol–water partition coefficient (Wildman–Crippen LogP) is 1.48. The van der Waals surface area contributed by atoms with Crippen molar-refractivity contribution in [3.8, 4) is 0 Å². The van der Waals surface area contributed by atoms with Gasteiger partial charge >= 0.3 is 0 Å². The number of carbonyl (C=O) groups excluding carboxylic acids is 1. The predicted molar refractivity (Wildman–Crippen MR) is 43.3 cm³/mol. The molecule has 12 heavy (non-hydrogen) atoms. The van der Waals surface area contributed by atoms with Crippen LogP contribution in [0.3, 0.4) is 0 Å². The molecule has 0 amide bonds. The largest absolute Gasteiger partial charge is 0.353 e. The number of isocyanates is 1. The summed E-state index contributed by atoms with van der Waals surface area (Å²) in [5.74, 6) is 1.03. The van der Waals surface area contributed by atoms with E-state index in [1.807, 2.05) is 6.92 Å². The molecule has 0 aliphatic heterocycles. The Morgan fingerprint density at radius 2 is 2.25 bits per heavy atom. The number of fused-ring (bicyclic) bond motifs is 1. The fraction of sp³-hybridized carbons (Fsp3) is 0.889. The quantitative estimate of drug-likeness (QED) is 0.471. The van der Waals surface area contributed by atoms with Crippen LogP contribution in [0.4, 0.5) is 0 Å². The van der Waals surface area contributed by atoms with Crippen molar-refractivity contribution in [3.63, 3.8) is 0 Å². The van der Waals surface area contributed by atoms with E-state index < -0.39 is 5.72 Å². The van der Waals surface area contributed by atoms with Gasteiger partial charge in [0.25, 0.3) is 0 Å². The van der Waals surface area contributed by atoms with Gasteiger partial charge in [0.1, 0.15) is 0 Å². The molecule has 0 bridgehead atoms. The molecule has 0 radical (unpaired) electrons. The minimum absolute atomic E-state index is 0.436. The van der Waals surface area contributed by atoms with Gasteiger partial charge in [0, 0.05) is 18.4 Å². The zero-order valence-corrected chi connectivity index (χ0v) is 7.25. The highest BCUT2D eigenvalue weighted by Crippen LogP contribution is 2.63. The Morgan fingerprint density at radius 1 is 1.58 bits per heavy atom. The molecule has 0 spiro atoms. The number of nitrogens with zero attached hydrogens (tertiary/aromatic N) is 1. The van der Waals surface area contributed by atoms with E-state index in [0.717, 1.165) is 12.8 Å². The molecule has 0 saturated heterocycles. The molecule has 3 nitrogen and oxygen atoms in total. The summed E-state index contributed by atoms with van der Waals surface area (Å²) in [5, 5.41) is 0. The summed E-state index contributed by atoms with van der Waals surface area (Å²) >= 11 is 0. The summed E-state index contributed by atoms with van der Waals surface area (Å²) in [4.78, 5) is 14.0. The van der Waals surface area contributed by atoms with E-state index in [9.17, 15) is 4.79 Å². The first-order chi connectivity index (χ1) is 5.85. The van der Waals surface area contributed by atoms with Crippen molar-refractivity contribution in [1.29, 1.82) is 0 Å². The lowest BCUT2D eigenvalue weighted by molar-refractivity contribution is 0.0192. The second-order valence-corrected chi connectivity index (χ2v) is 3.53. The van der Waals surface area contributed by atoms with Crippen LogP contribution >= 0.6 is 0 Å². The Labute approximate surface area is 71.8 Å². The molecule has 2 fully saturated rings. The van der Waals surface area contributed by atoms with E-state index in [1.165, 1.54) is 6.42 Å². The lowest BCUT2D eigenvalue weighted by Crippen LogP contribution is -2.18. The Balaban J connectivity index is 2.11. The molecule has 0 aromatic rings. The van der Waals surface area contributed by atoms with Crippen LogP contribution < -0.4 is 0 Å². The molecule has 2 aliphatic carbocycles. The molecule has 2 atom stereocenters. The lowest BCUT2D eigenvalue weighted by atomic mass is 10.2. The third-order valence-corrected chi connectivity index (χ3v) is 3.07. The highest BCUT2D eigenvalue weighted by Gasteiger charge is 2.68. The Hall–Kier alpha value is -0.660. The average molecular weight is 167 g/mol.